The molecule has 0 spiro atoms. The number of benzene rings is 4. The van der Waals surface area contributed by atoms with E-state index in [2.05, 4.69) is 5.32 Å². The summed E-state index contributed by atoms with van der Waals surface area (Å²) < 4.78 is 29.4. The van der Waals surface area contributed by atoms with Crippen molar-refractivity contribution in [2.75, 3.05) is 10.8 Å². The number of amides is 2. The van der Waals surface area contributed by atoms with Crippen LogP contribution < -0.4 is 9.62 Å². The van der Waals surface area contributed by atoms with Gasteiger partial charge in [0.2, 0.25) is 11.8 Å². The van der Waals surface area contributed by atoms with Crippen LogP contribution in [0.4, 0.5) is 5.69 Å². The highest BCUT2D eigenvalue weighted by atomic mass is 35.5. The van der Waals surface area contributed by atoms with E-state index in [9.17, 15) is 18.0 Å². The van der Waals surface area contributed by atoms with E-state index >= 15 is 0 Å². The fourth-order valence-electron chi connectivity index (χ4n) is 5.98. The molecule has 47 heavy (non-hydrogen) atoms. The van der Waals surface area contributed by atoms with Crippen molar-refractivity contribution in [3.63, 3.8) is 0 Å². The van der Waals surface area contributed by atoms with Gasteiger partial charge in [-0.1, -0.05) is 109 Å². The molecule has 1 aliphatic rings. The van der Waals surface area contributed by atoms with Gasteiger partial charge in [-0.25, -0.2) is 8.42 Å². The van der Waals surface area contributed by atoms with Gasteiger partial charge in [-0.05, 0) is 67.3 Å². The molecule has 1 unspecified atom stereocenters. The highest BCUT2D eigenvalue weighted by Crippen LogP contribution is 2.29. The summed E-state index contributed by atoms with van der Waals surface area (Å²) in [6.07, 6.45) is 5.11. The second-order valence-electron chi connectivity index (χ2n) is 11.9. The van der Waals surface area contributed by atoms with E-state index in [4.69, 9.17) is 23.2 Å². The third-order valence-electron chi connectivity index (χ3n) is 8.51. The molecule has 7 nitrogen and oxygen atoms in total. The van der Waals surface area contributed by atoms with Crippen LogP contribution in [0.5, 0.6) is 0 Å². The normalized spacial score (nSPS) is 14.3. The average molecular weight is 693 g/mol. The molecule has 1 fully saturated rings. The summed E-state index contributed by atoms with van der Waals surface area (Å²) in [5, 5.41) is 3.89. The first-order chi connectivity index (χ1) is 22.6. The third-order valence-corrected chi connectivity index (χ3v) is 11.0. The fourth-order valence-corrected chi connectivity index (χ4v) is 7.93. The third kappa shape index (κ3) is 8.74. The summed E-state index contributed by atoms with van der Waals surface area (Å²) in [5.74, 6) is -0.868. The van der Waals surface area contributed by atoms with Crippen LogP contribution in [-0.2, 0) is 32.6 Å². The van der Waals surface area contributed by atoms with Crippen molar-refractivity contribution < 1.29 is 18.0 Å². The van der Waals surface area contributed by atoms with Crippen LogP contribution in [0.1, 0.15) is 48.8 Å². The lowest BCUT2D eigenvalue weighted by Gasteiger charge is -2.35. The first-order valence-electron chi connectivity index (χ1n) is 15.8. The first kappa shape index (κ1) is 34.5. The molecule has 2 amide bonds. The zero-order chi connectivity index (χ0) is 33.4. The van der Waals surface area contributed by atoms with Crippen molar-refractivity contribution >= 4 is 50.7 Å². The number of carbonyl (C=O) groups is 2. The molecule has 0 radical (unpaired) electrons. The Morgan fingerprint density at radius 1 is 0.830 bits per heavy atom. The Bertz CT molecular complexity index is 1760. The van der Waals surface area contributed by atoms with Crippen LogP contribution in [0.3, 0.4) is 0 Å². The number of sulfonamides is 1. The van der Waals surface area contributed by atoms with Gasteiger partial charge in [0.25, 0.3) is 10.0 Å². The van der Waals surface area contributed by atoms with Gasteiger partial charge in [-0.15, -0.1) is 0 Å². The molecule has 4 aromatic rings. The minimum Gasteiger partial charge on any atom is -0.352 e. The topological polar surface area (TPSA) is 86.8 Å². The quantitative estimate of drug-likeness (QED) is 0.166. The second kappa shape index (κ2) is 15.8. The van der Waals surface area contributed by atoms with Crippen molar-refractivity contribution in [2.45, 2.75) is 69.0 Å². The van der Waals surface area contributed by atoms with Crippen molar-refractivity contribution in [1.29, 1.82) is 0 Å². The largest absolute Gasteiger partial charge is 0.352 e. The van der Waals surface area contributed by atoms with E-state index in [0.29, 0.717) is 21.3 Å². The number of anilines is 1. The van der Waals surface area contributed by atoms with Crippen LogP contribution in [0.15, 0.2) is 108 Å². The van der Waals surface area contributed by atoms with Gasteiger partial charge in [0.1, 0.15) is 12.6 Å². The second-order valence-corrected chi connectivity index (χ2v) is 14.6. The number of aryl methyl sites for hydroxylation is 1. The van der Waals surface area contributed by atoms with Gasteiger partial charge >= 0.3 is 0 Å². The molecule has 10 heteroatoms. The first-order valence-corrected chi connectivity index (χ1v) is 18.0. The predicted octanol–water partition coefficient (Wildman–Crippen LogP) is 7.59. The Morgan fingerprint density at radius 3 is 2.09 bits per heavy atom. The van der Waals surface area contributed by atoms with E-state index in [1.54, 1.807) is 54.6 Å². The minimum atomic E-state index is -4.18. The Morgan fingerprint density at radius 2 is 1.45 bits per heavy atom. The van der Waals surface area contributed by atoms with Gasteiger partial charge in [0.15, 0.2) is 0 Å². The molecule has 0 bridgehead atoms. The molecule has 0 aliphatic heterocycles. The monoisotopic (exact) mass is 691 g/mol. The average Bonchev–Trinajstić information content (AvgIpc) is 3.07. The maximum Gasteiger partial charge on any atom is 0.264 e. The number of carbonyl (C=O) groups excluding carboxylic acids is 2. The SMILES string of the molecule is Cc1cccc(N(CC(=O)N(Cc2c(Cl)cccc2Cl)C(Cc2ccccc2)C(=O)NC2CCCCC2)S(=O)(=O)c2ccccc2)c1. The van der Waals surface area contributed by atoms with Gasteiger partial charge < -0.3 is 10.2 Å². The highest BCUT2D eigenvalue weighted by molar-refractivity contribution is 7.92. The summed E-state index contributed by atoms with van der Waals surface area (Å²) in [4.78, 5) is 30.4. The van der Waals surface area contributed by atoms with Crippen LogP contribution >= 0.6 is 23.2 Å². The zero-order valence-electron chi connectivity index (χ0n) is 26.3. The Labute approximate surface area is 287 Å². The molecule has 4 aromatic carbocycles. The Hall–Kier alpha value is -3.85. The van der Waals surface area contributed by atoms with Crippen molar-refractivity contribution in [1.82, 2.24) is 10.2 Å². The number of hydrogen-bond acceptors (Lipinski definition) is 4. The fraction of sp³-hybridized carbons (Fsp3) is 0.297. The lowest BCUT2D eigenvalue weighted by Crippen LogP contribution is -2.55. The molecular formula is C37H39Cl2N3O4S. The number of rotatable bonds is 12. The summed E-state index contributed by atoms with van der Waals surface area (Å²) in [6, 6.07) is 28.6. The van der Waals surface area contributed by atoms with Gasteiger partial charge in [0.05, 0.1) is 10.6 Å². The summed E-state index contributed by atoms with van der Waals surface area (Å²) >= 11 is 13.2. The molecule has 0 heterocycles. The lowest BCUT2D eigenvalue weighted by atomic mass is 9.94. The van der Waals surface area contributed by atoms with Crippen molar-refractivity contribution in [2.24, 2.45) is 0 Å². The minimum absolute atomic E-state index is 0.00220. The highest BCUT2D eigenvalue weighted by Gasteiger charge is 2.36. The molecule has 1 saturated carbocycles. The molecule has 0 aromatic heterocycles. The lowest BCUT2D eigenvalue weighted by molar-refractivity contribution is -0.140. The van der Waals surface area contributed by atoms with E-state index in [0.717, 1.165) is 47.5 Å². The number of hydrogen-bond donors (Lipinski definition) is 1. The van der Waals surface area contributed by atoms with Crippen LogP contribution in [0.2, 0.25) is 10.0 Å². The van der Waals surface area contributed by atoms with Crippen molar-refractivity contribution in [3.8, 4) is 0 Å². The van der Waals surface area contributed by atoms with E-state index in [1.807, 2.05) is 43.3 Å². The number of nitrogens with zero attached hydrogens (tertiary/aromatic N) is 2. The smallest absolute Gasteiger partial charge is 0.264 e. The van der Waals surface area contributed by atoms with Crippen molar-refractivity contribution in [3.05, 3.63) is 130 Å². The maximum atomic E-state index is 14.7. The molecule has 5 rings (SSSR count). The molecule has 1 aliphatic carbocycles. The van der Waals surface area contributed by atoms with Crippen LogP contribution in [-0.4, -0.2) is 43.8 Å². The van der Waals surface area contributed by atoms with E-state index in [1.165, 1.54) is 17.0 Å². The van der Waals surface area contributed by atoms with Crippen LogP contribution in [0.25, 0.3) is 0 Å². The van der Waals surface area contributed by atoms with Crippen LogP contribution in [0, 0.1) is 6.92 Å². The predicted molar refractivity (Wildman–Crippen MR) is 188 cm³/mol. The zero-order valence-corrected chi connectivity index (χ0v) is 28.6. The van der Waals surface area contributed by atoms with E-state index < -0.39 is 28.5 Å². The summed E-state index contributed by atoms with van der Waals surface area (Å²) in [7, 11) is -4.18. The molecule has 1 atom stereocenters. The number of halogens is 2. The molecule has 1 N–H and O–H groups in total. The summed E-state index contributed by atoms with van der Waals surface area (Å²) in [6.45, 7) is 1.21. The van der Waals surface area contributed by atoms with Gasteiger partial charge in [-0.3, -0.25) is 13.9 Å². The number of nitrogens with one attached hydrogen (secondary N) is 1. The summed E-state index contributed by atoms with van der Waals surface area (Å²) in [5.41, 5.74) is 2.49. The Balaban J connectivity index is 1.59. The molecule has 0 saturated heterocycles. The maximum absolute atomic E-state index is 14.7. The molecule has 246 valence electrons. The standard InChI is InChI=1S/C37H39Cl2N3O4S/c1-27-13-11-18-30(23-27)42(47(45,46)31-19-9-4-10-20-31)26-36(43)41(25-32-33(38)21-12-22-34(32)39)35(24-28-14-5-2-6-15-28)37(44)40-29-16-7-3-8-17-29/h2,4-6,9-15,18-23,29,35H,3,7-8,16-17,24-26H2,1H3,(H,40,44). The van der Waals surface area contributed by atoms with Gasteiger partial charge in [0, 0.05) is 34.6 Å². The Kier molecular flexibility index (Phi) is 11.6. The van der Waals surface area contributed by atoms with Gasteiger partial charge in [-0.2, -0.15) is 0 Å². The molecular weight excluding hydrogens is 653 g/mol. The van der Waals surface area contributed by atoms with E-state index in [-0.39, 0.29) is 29.8 Å².